The Bertz CT molecular complexity index is 32.6. The van der Waals surface area contributed by atoms with E-state index in [0.717, 1.165) is 0 Å². The third kappa shape index (κ3) is 93.5. The van der Waals surface area contributed by atoms with Gasteiger partial charge in [0.05, 0.1) is 0 Å². The van der Waals surface area contributed by atoms with Crippen LogP contribution in [0.1, 0.15) is 0 Å². The van der Waals surface area contributed by atoms with Crippen LogP contribution in [0.15, 0.2) is 0 Å². The summed E-state index contributed by atoms with van der Waals surface area (Å²) >= 11 is 0. The molecule has 0 aliphatic rings. The van der Waals surface area contributed by atoms with E-state index in [1.165, 1.54) is 0 Å². The molecule has 0 fully saturated rings. The van der Waals surface area contributed by atoms with E-state index < -0.39 is 0 Å². The second-order valence-electron chi connectivity index (χ2n) is 0.466. The summed E-state index contributed by atoms with van der Waals surface area (Å²) in [5.74, 6) is 0. The molecule has 0 amide bonds. The fourth-order valence-electron chi connectivity index (χ4n) is 0. The first kappa shape index (κ1) is 9.13. The Morgan fingerprint density at radius 2 is 1.80 bits per heavy atom. The SMILES string of the molecule is [CH2-]C(=O)P.[Li+]. The summed E-state index contributed by atoms with van der Waals surface area (Å²) in [6, 6.07) is 0. The fourth-order valence-corrected chi connectivity index (χ4v) is 0. The van der Waals surface area contributed by atoms with Crippen molar-refractivity contribution < 1.29 is 23.7 Å². The quantitative estimate of drug-likeness (QED) is 0.175. The van der Waals surface area contributed by atoms with Gasteiger partial charge in [-0.05, 0) is 0 Å². The van der Waals surface area contributed by atoms with Crippen molar-refractivity contribution in [2.45, 2.75) is 0 Å². The average molecular weight is 82.0 g/mol. The van der Waals surface area contributed by atoms with Gasteiger partial charge >= 0.3 is 18.9 Å². The maximum Gasteiger partial charge on any atom is 1.00 e. The number of hydrogen-bond acceptors (Lipinski definition) is 1. The molecule has 0 spiro atoms. The molecule has 0 aromatic rings. The number of carbonyl (C=O) groups excluding carboxylic acids is 1. The Balaban J connectivity index is 0. The molecule has 0 aliphatic carbocycles. The number of rotatable bonds is 0. The zero-order chi connectivity index (χ0) is 3.58. The number of carbonyl (C=O) groups is 1. The van der Waals surface area contributed by atoms with Gasteiger partial charge in [-0.25, -0.2) is 0 Å². The Morgan fingerprint density at radius 3 is 1.80 bits per heavy atom. The van der Waals surface area contributed by atoms with Crippen molar-refractivity contribution in [1.29, 1.82) is 0 Å². The van der Waals surface area contributed by atoms with Crippen molar-refractivity contribution in [3.8, 4) is 0 Å². The summed E-state index contributed by atoms with van der Waals surface area (Å²) in [5.41, 5.74) is -0.167. The van der Waals surface area contributed by atoms with Crippen molar-refractivity contribution in [3.63, 3.8) is 0 Å². The molecular formula is C2H4LiOP. The van der Waals surface area contributed by atoms with Gasteiger partial charge in [0.25, 0.3) is 0 Å². The Kier molecular flexibility index (Phi) is 8.34. The smallest absolute Gasteiger partial charge is 0.335 e. The normalized spacial score (nSPS) is 5.00. The molecular weight excluding hydrogens is 77.9 g/mol. The predicted molar refractivity (Wildman–Crippen MR) is 20.1 cm³/mol. The van der Waals surface area contributed by atoms with Crippen molar-refractivity contribution in [2.24, 2.45) is 0 Å². The standard InChI is InChI=1S/C2H4OP.Li/c1-2(3)4;/h1,4H2;/q-1;+1. The summed E-state index contributed by atoms with van der Waals surface area (Å²) in [5, 5.41) is 0. The third-order valence-electron chi connectivity index (χ3n) is 0. The van der Waals surface area contributed by atoms with Crippen LogP contribution in [-0.4, -0.2) is 5.52 Å². The van der Waals surface area contributed by atoms with Gasteiger partial charge in [0.15, 0.2) is 0 Å². The first-order chi connectivity index (χ1) is 1.73. The van der Waals surface area contributed by atoms with Crippen LogP contribution in [0.4, 0.5) is 0 Å². The molecule has 0 radical (unpaired) electrons. The van der Waals surface area contributed by atoms with Gasteiger partial charge in [0, 0.05) is 5.52 Å². The Morgan fingerprint density at radius 1 is 1.80 bits per heavy atom. The zero-order valence-corrected chi connectivity index (χ0v) is 4.35. The molecule has 0 saturated carbocycles. The zero-order valence-electron chi connectivity index (χ0n) is 3.19. The largest absolute Gasteiger partial charge is 1.00 e. The van der Waals surface area contributed by atoms with Crippen LogP contribution in [0.25, 0.3) is 0 Å². The van der Waals surface area contributed by atoms with Gasteiger partial charge in [-0.3, -0.25) is 0 Å². The molecule has 0 heterocycles. The Hall–Kier alpha value is 0.567. The van der Waals surface area contributed by atoms with Crippen LogP contribution < -0.4 is 18.9 Å². The van der Waals surface area contributed by atoms with E-state index in [9.17, 15) is 4.79 Å². The number of hydrogen-bond donors (Lipinski definition) is 0. The molecule has 1 nitrogen and oxygen atoms in total. The van der Waals surface area contributed by atoms with Crippen LogP contribution in [0, 0.1) is 6.92 Å². The first-order valence-electron chi connectivity index (χ1n) is 0.846. The molecule has 0 N–H and O–H groups in total. The van der Waals surface area contributed by atoms with Crippen LogP contribution in [-0.2, 0) is 4.79 Å². The van der Waals surface area contributed by atoms with E-state index in [-0.39, 0.29) is 24.4 Å². The van der Waals surface area contributed by atoms with Crippen molar-refractivity contribution in [1.82, 2.24) is 0 Å². The van der Waals surface area contributed by atoms with Crippen molar-refractivity contribution in [3.05, 3.63) is 6.92 Å². The molecule has 1 unspecified atom stereocenters. The molecule has 3 heteroatoms. The molecule has 5 heavy (non-hydrogen) atoms. The average Bonchev–Trinajstić information content (AvgIpc) is 0.811. The van der Waals surface area contributed by atoms with Crippen LogP contribution >= 0.6 is 9.24 Å². The molecule has 0 saturated heterocycles. The summed E-state index contributed by atoms with van der Waals surface area (Å²) in [7, 11) is 1.91. The first-order valence-corrected chi connectivity index (χ1v) is 1.42. The predicted octanol–water partition coefficient (Wildman–Crippen LogP) is -2.77. The molecule has 0 bridgehead atoms. The van der Waals surface area contributed by atoms with E-state index in [0.29, 0.717) is 0 Å². The van der Waals surface area contributed by atoms with Gasteiger partial charge in [-0.2, -0.15) is 0 Å². The monoisotopic (exact) mass is 82.0 g/mol. The molecule has 0 aliphatic heterocycles. The summed E-state index contributed by atoms with van der Waals surface area (Å²) in [6.45, 7) is 2.96. The molecule has 0 rings (SSSR count). The second-order valence-corrected chi connectivity index (χ2v) is 1.11. The summed E-state index contributed by atoms with van der Waals surface area (Å²) < 4.78 is 0. The maximum atomic E-state index is 9.30. The third-order valence-corrected chi connectivity index (χ3v) is 0. The van der Waals surface area contributed by atoms with Crippen molar-refractivity contribution in [2.75, 3.05) is 0 Å². The topological polar surface area (TPSA) is 17.1 Å². The van der Waals surface area contributed by atoms with Gasteiger partial charge in [0.2, 0.25) is 0 Å². The van der Waals surface area contributed by atoms with Gasteiger partial charge < -0.3 is 11.7 Å². The summed E-state index contributed by atoms with van der Waals surface area (Å²) in [6.07, 6.45) is 0. The van der Waals surface area contributed by atoms with Crippen LogP contribution in [0.3, 0.4) is 0 Å². The fraction of sp³-hybridized carbons (Fsp3) is 0. The molecule has 0 aromatic carbocycles. The summed E-state index contributed by atoms with van der Waals surface area (Å²) in [4.78, 5) is 9.30. The molecule has 0 aromatic heterocycles. The minimum atomic E-state index is -0.167. The van der Waals surface area contributed by atoms with E-state index in [2.05, 4.69) is 6.92 Å². The van der Waals surface area contributed by atoms with E-state index in [4.69, 9.17) is 0 Å². The minimum Gasteiger partial charge on any atom is -0.335 e. The van der Waals surface area contributed by atoms with E-state index in [1.807, 2.05) is 9.24 Å². The van der Waals surface area contributed by atoms with E-state index in [1.54, 1.807) is 0 Å². The van der Waals surface area contributed by atoms with E-state index >= 15 is 0 Å². The minimum absolute atomic E-state index is 0. The van der Waals surface area contributed by atoms with Crippen LogP contribution in [0.2, 0.25) is 0 Å². The maximum absolute atomic E-state index is 9.30. The van der Waals surface area contributed by atoms with Gasteiger partial charge in [0.1, 0.15) is 0 Å². The van der Waals surface area contributed by atoms with Gasteiger partial charge in [-0.15, -0.1) is 9.24 Å². The van der Waals surface area contributed by atoms with Crippen LogP contribution in [0.5, 0.6) is 0 Å². The molecule has 1 atom stereocenters. The van der Waals surface area contributed by atoms with Crippen molar-refractivity contribution >= 4 is 14.8 Å². The molecule has 24 valence electrons. The Labute approximate surface area is 45.9 Å². The van der Waals surface area contributed by atoms with Gasteiger partial charge in [-0.1, -0.05) is 0 Å². The second kappa shape index (κ2) is 4.57.